The summed E-state index contributed by atoms with van der Waals surface area (Å²) in [6.45, 7) is 0. The summed E-state index contributed by atoms with van der Waals surface area (Å²) in [7, 11) is -4.37. The quantitative estimate of drug-likeness (QED) is 0.807. The van der Waals surface area contributed by atoms with E-state index >= 15 is 0 Å². The van der Waals surface area contributed by atoms with Crippen LogP contribution >= 0.6 is 15.9 Å². The molecule has 21 heavy (non-hydrogen) atoms. The van der Waals surface area contributed by atoms with Gasteiger partial charge in [0.05, 0.1) is 0 Å². The molecule has 0 saturated heterocycles. The van der Waals surface area contributed by atoms with Crippen molar-refractivity contribution in [2.24, 2.45) is 5.92 Å². The number of alkyl halides is 1. The molecule has 3 nitrogen and oxygen atoms in total. The second-order valence-corrected chi connectivity index (χ2v) is 7.42. The molecule has 0 bridgehead atoms. The maximum absolute atomic E-state index is 13.6. The van der Waals surface area contributed by atoms with Crippen molar-refractivity contribution in [2.45, 2.75) is 36.6 Å². The van der Waals surface area contributed by atoms with Crippen molar-refractivity contribution >= 4 is 26.0 Å². The van der Waals surface area contributed by atoms with E-state index in [9.17, 15) is 21.6 Å². The van der Waals surface area contributed by atoms with Crippen LogP contribution in [0.3, 0.4) is 0 Å². The first kappa shape index (κ1) is 16.8. The summed E-state index contributed by atoms with van der Waals surface area (Å²) in [4.78, 5) is -1.12. The molecule has 1 saturated carbocycles. The zero-order chi connectivity index (χ0) is 15.6. The van der Waals surface area contributed by atoms with Gasteiger partial charge in [-0.05, 0) is 18.8 Å². The molecule has 1 aromatic carbocycles. The van der Waals surface area contributed by atoms with E-state index in [1.165, 1.54) is 0 Å². The maximum Gasteiger partial charge on any atom is 0.246 e. The van der Waals surface area contributed by atoms with Crippen molar-refractivity contribution < 1.29 is 21.6 Å². The van der Waals surface area contributed by atoms with Gasteiger partial charge in [-0.1, -0.05) is 28.8 Å². The average Bonchev–Trinajstić information content (AvgIpc) is 2.37. The van der Waals surface area contributed by atoms with Crippen LogP contribution < -0.4 is 4.72 Å². The van der Waals surface area contributed by atoms with Crippen LogP contribution in [0.15, 0.2) is 17.0 Å². The number of nitrogens with one attached hydrogen (secondary N) is 1. The summed E-state index contributed by atoms with van der Waals surface area (Å²) >= 11 is 3.32. The topological polar surface area (TPSA) is 46.2 Å². The van der Waals surface area contributed by atoms with Gasteiger partial charge in [0.1, 0.15) is 17.5 Å². The minimum Gasteiger partial charge on any atom is -0.208 e. The Morgan fingerprint density at radius 2 is 1.71 bits per heavy atom. The van der Waals surface area contributed by atoms with E-state index in [4.69, 9.17) is 0 Å². The Bertz CT molecular complexity index is 601. The summed E-state index contributed by atoms with van der Waals surface area (Å²) in [6, 6.07) is 0.341. The van der Waals surface area contributed by atoms with E-state index in [1.807, 2.05) is 0 Å². The molecule has 0 spiro atoms. The first-order valence-corrected chi connectivity index (χ1v) is 9.18. The molecule has 0 amide bonds. The second kappa shape index (κ2) is 6.66. The second-order valence-electron chi connectivity index (χ2n) is 5.13. The van der Waals surface area contributed by atoms with Gasteiger partial charge < -0.3 is 0 Å². The van der Waals surface area contributed by atoms with E-state index in [0.717, 1.165) is 19.3 Å². The Morgan fingerprint density at radius 1 is 1.14 bits per heavy atom. The van der Waals surface area contributed by atoms with Crippen molar-refractivity contribution in [3.8, 4) is 0 Å². The van der Waals surface area contributed by atoms with E-state index in [0.29, 0.717) is 23.9 Å². The predicted octanol–water partition coefficient (Wildman–Crippen LogP) is 3.34. The van der Waals surface area contributed by atoms with Gasteiger partial charge in [0.2, 0.25) is 10.0 Å². The average molecular weight is 386 g/mol. The van der Waals surface area contributed by atoms with Gasteiger partial charge in [-0.2, -0.15) is 0 Å². The van der Waals surface area contributed by atoms with Gasteiger partial charge >= 0.3 is 0 Å². The number of rotatable bonds is 4. The molecule has 0 aromatic heterocycles. The van der Waals surface area contributed by atoms with Crippen molar-refractivity contribution in [3.63, 3.8) is 0 Å². The van der Waals surface area contributed by atoms with Crippen LogP contribution in [0.5, 0.6) is 0 Å². The lowest BCUT2D eigenvalue weighted by molar-refractivity contribution is 0.316. The van der Waals surface area contributed by atoms with Crippen LogP contribution in [-0.2, 0) is 10.0 Å². The van der Waals surface area contributed by atoms with E-state index in [-0.39, 0.29) is 12.0 Å². The lowest BCUT2D eigenvalue weighted by atomic mass is 9.87. The normalized spacial score (nSPS) is 23.2. The number of hydrogen-bond acceptors (Lipinski definition) is 2. The van der Waals surface area contributed by atoms with Gasteiger partial charge in [0.25, 0.3) is 0 Å². The lowest BCUT2D eigenvalue weighted by Crippen LogP contribution is -2.43. The fourth-order valence-electron chi connectivity index (χ4n) is 2.59. The standard InChI is InChI=1S/C13H15BrF3NO2S/c14-7-8-3-1-2-4-12(8)18-21(19,20)13-10(16)5-9(15)6-11(13)17/h5-6,8,12,18H,1-4,7H2. The molecule has 0 heterocycles. The predicted molar refractivity (Wildman–Crippen MR) is 76.2 cm³/mol. The van der Waals surface area contributed by atoms with Crippen LogP contribution in [0.4, 0.5) is 13.2 Å². The zero-order valence-corrected chi connectivity index (χ0v) is 13.5. The summed E-state index contributed by atoms with van der Waals surface area (Å²) in [6.07, 6.45) is 3.30. The number of hydrogen-bond donors (Lipinski definition) is 1. The zero-order valence-electron chi connectivity index (χ0n) is 11.1. The Labute approximate surface area is 130 Å². The maximum atomic E-state index is 13.6. The highest BCUT2D eigenvalue weighted by molar-refractivity contribution is 9.09. The number of halogens is 4. The van der Waals surface area contributed by atoms with Gasteiger partial charge in [0.15, 0.2) is 4.90 Å². The van der Waals surface area contributed by atoms with Crippen molar-refractivity contribution in [1.82, 2.24) is 4.72 Å². The molecule has 1 fully saturated rings. The fourth-order valence-corrected chi connectivity index (χ4v) is 4.82. The summed E-state index contributed by atoms with van der Waals surface area (Å²) < 4.78 is 66.9. The Kier molecular flexibility index (Phi) is 5.32. The summed E-state index contributed by atoms with van der Waals surface area (Å²) in [5.74, 6) is -3.93. The highest BCUT2D eigenvalue weighted by Crippen LogP contribution is 2.28. The molecule has 0 aliphatic heterocycles. The first-order valence-electron chi connectivity index (χ1n) is 6.58. The third kappa shape index (κ3) is 3.78. The fraction of sp³-hybridized carbons (Fsp3) is 0.538. The molecular weight excluding hydrogens is 371 g/mol. The molecule has 1 aromatic rings. The van der Waals surface area contributed by atoms with Crippen LogP contribution in [0.1, 0.15) is 25.7 Å². The molecule has 0 radical (unpaired) electrons. The molecule has 2 atom stereocenters. The first-order chi connectivity index (χ1) is 9.85. The SMILES string of the molecule is O=S(=O)(NC1CCCCC1CBr)c1c(F)cc(F)cc1F. The van der Waals surface area contributed by atoms with Crippen molar-refractivity contribution in [3.05, 3.63) is 29.6 Å². The van der Waals surface area contributed by atoms with E-state index in [2.05, 4.69) is 20.7 Å². The van der Waals surface area contributed by atoms with Gasteiger partial charge in [-0.3, -0.25) is 0 Å². The molecule has 1 aliphatic rings. The van der Waals surface area contributed by atoms with Gasteiger partial charge in [-0.25, -0.2) is 26.3 Å². The Morgan fingerprint density at radius 3 is 2.29 bits per heavy atom. The monoisotopic (exact) mass is 385 g/mol. The van der Waals surface area contributed by atoms with Crippen molar-refractivity contribution in [2.75, 3.05) is 5.33 Å². The van der Waals surface area contributed by atoms with E-state index < -0.39 is 32.4 Å². The highest BCUT2D eigenvalue weighted by atomic mass is 79.9. The lowest BCUT2D eigenvalue weighted by Gasteiger charge is -2.30. The minimum atomic E-state index is -4.37. The largest absolute Gasteiger partial charge is 0.246 e. The molecule has 118 valence electrons. The minimum absolute atomic E-state index is 0.0695. The van der Waals surface area contributed by atoms with Crippen LogP contribution in [0, 0.1) is 23.4 Å². The molecule has 8 heteroatoms. The summed E-state index contributed by atoms with van der Waals surface area (Å²) in [5, 5.41) is 0.606. The van der Waals surface area contributed by atoms with Crippen LogP contribution in [-0.4, -0.2) is 19.8 Å². The van der Waals surface area contributed by atoms with E-state index in [1.54, 1.807) is 0 Å². The Balaban J connectivity index is 2.30. The number of benzene rings is 1. The Hall–Kier alpha value is -0.600. The van der Waals surface area contributed by atoms with Gasteiger partial charge in [0, 0.05) is 23.5 Å². The van der Waals surface area contributed by atoms with Gasteiger partial charge in [-0.15, -0.1) is 0 Å². The third-order valence-corrected chi connectivity index (χ3v) is 6.02. The van der Waals surface area contributed by atoms with Crippen molar-refractivity contribution in [1.29, 1.82) is 0 Å². The molecule has 2 unspecified atom stereocenters. The molecule has 1 N–H and O–H groups in total. The van der Waals surface area contributed by atoms with Crippen LogP contribution in [0.2, 0.25) is 0 Å². The van der Waals surface area contributed by atoms with Crippen LogP contribution in [0.25, 0.3) is 0 Å². The summed E-state index contributed by atoms with van der Waals surface area (Å²) in [5.41, 5.74) is 0. The molecular formula is C13H15BrF3NO2S. The third-order valence-electron chi connectivity index (χ3n) is 3.65. The smallest absolute Gasteiger partial charge is 0.208 e. The highest BCUT2D eigenvalue weighted by Gasteiger charge is 2.32. The molecule has 1 aliphatic carbocycles. The number of sulfonamides is 1. The molecule has 2 rings (SSSR count).